The van der Waals surface area contributed by atoms with E-state index in [2.05, 4.69) is 9.71 Å². The van der Waals surface area contributed by atoms with Crippen molar-refractivity contribution in [3.63, 3.8) is 0 Å². The average molecular weight is 420 g/mol. The number of benzene rings is 2. The van der Waals surface area contributed by atoms with E-state index in [1.807, 2.05) is 74.1 Å². The van der Waals surface area contributed by atoms with Gasteiger partial charge in [-0.05, 0) is 79.2 Å². The summed E-state index contributed by atoms with van der Waals surface area (Å²) < 4.78 is 31.0. The summed E-state index contributed by atoms with van der Waals surface area (Å²) in [6.45, 7) is 7.61. The van der Waals surface area contributed by atoms with Gasteiger partial charge in [-0.25, -0.2) is 13.4 Å². The van der Waals surface area contributed by atoms with Crippen LogP contribution in [-0.4, -0.2) is 18.4 Å². The lowest BCUT2D eigenvalue weighted by atomic mass is 10.2. The Labute approximate surface area is 176 Å². The van der Waals surface area contributed by atoms with Gasteiger partial charge in [-0.1, -0.05) is 24.3 Å². The summed E-state index contributed by atoms with van der Waals surface area (Å²) >= 11 is 0. The minimum Gasteiger partial charge on any atom is -0.256 e. The molecule has 0 fully saturated rings. The van der Waals surface area contributed by atoms with Gasteiger partial charge in [0.2, 0.25) is 11.3 Å². The number of nitrogens with one attached hydrogen (secondary N) is 1. The maximum absolute atomic E-state index is 13.2. The molecule has 0 unspecified atom stereocenters. The summed E-state index contributed by atoms with van der Waals surface area (Å²) in [7, 11) is -3.85. The molecule has 0 amide bonds. The summed E-state index contributed by atoms with van der Waals surface area (Å²) in [5.74, 6) is 0.610. The SMILES string of the molecule is Cc1ccc(C)c(S(=O)(=O)Nc2nc3ccccc3nc2-[n+]2cc(C)cc(C)c2)c1. The summed E-state index contributed by atoms with van der Waals surface area (Å²) in [6, 6.07) is 14.8. The summed E-state index contributed by atoms with van der Waals surface area (Å²) in [5.41, 5.74) is 4.91. The first kappa shape index (κ1) is 20.0. The first-order valence-electron chi connectivity index (χ1n) is 9.60. The van der Waals surface area contributed by atoms with E-state index in [0.717, 1.165) is 16.7 Å². The molecule has 0 radical (unpaired) electrons. The summed E-state index contributed by atoms with van der Waals surface area (Å²) in [6.07, 6.45) is 3.81. The van der Waals surface area contributed by atoms with E-state index in [-0.39, 0.29) is 10.7 Å². The van der Waals surface area contributed by atoms with Crippen molar-refractivity contribution >= 4 is 26.9 Å². The third-order valence-electron chi connectivity index (χ3n) is 4.80. The van der Waals surface area contributed by atoms with Crippen molar-refractivity contribution in [3.8, 4) is 5.82 Å². The average Bonchev–Trinajstić information content (AvgIpc) is 2.68. The molecule has 0 aliphatic carbocycles. The fourth-order valence-corrected chi connectivity index (χ4v) is 4.78. The minimum absolute atomic E-state index is 0.185. The van der Waals surface area contributed by atoms with Crippen molar-refractivity contribution in [2.24, 2.45) is 0 Å². The van der Waals surface area contributed by atoms with Crippen molar-refractivity contribution in [1.29, 1.82) is 0 Å². The standard InChI is InChI=1S/C23H23N4O2S/c1-15-9-10-18(4)21(12-15)30(28,29)26-22-23(27-13-16(2)11-17(3)14-27)25-20-8-6-5-7-19(20)24-22/h5-14H,1-4H3,(H,24,26)/q+1. The number of nitrogens with zero attached hydrogens (tertiary/aromatic N) is 3. The smallest absolute Gasteiger partial charge is 0.256 e. The molecule has 4 aromatic rings. The first-order valence-corrected chi connectivity index (χ1v) is 11.1. The zero-order valence-electron chi connectivity index (χ0n) is 17.3. The third kappa shape index (κ3) is 3.89. The van der Waals surface area contributed by atoms with Gasteiger partial charge in [0.15, 0.2) is 0 Å². The first-order chi connectivity index (χ1) is 14.2. The van der Waals surface area contributed by atoms with Crippen LogP contribution < -0.4 is 9.29 Å². The zero-order chi connectivity index (χ0) is 21.5. The minimum atomic E-state index is -3.85. The van der Waals surface area contributed by atoms with Gasteiger partial charge in [-0.3, -0.25) is 4.72 Å². The molecule has 0 atom stereocenters. The highest BCUT2D eigenvalue weighted by atomic mass is 32.2. The molecule has 7 heteroatoms. The van der Waals surface area contributed by atoms with Crippen LogP contribution in [0.1, 0.15) is 22.3 Å². The highest BCUT2D eigenvalue weighted by Gasteiger charge is 2.26. The maximum Gasteiger partial charge on any atom is 0.372 e. The van der Waals surface area contributed by atoms with Gasteiger partial charge in [0.05, 0.1) is 17.3 Å². The molecule has 0 spiro atoms. The molecule has 0 saturated carbocycles. The Kier molecular flexibility index (Phi) is 4.99. The lowest BCUT2D eigenvalue weighted by Gasteiger charge is -2.11. The zero-order valence-corrected chi connectivity index (χ0v) is 18.2. The van der Waals surface area contributed by atoms with E-state index in [1.54, 1.807) is 19.1 Å². The molecule has 30 heavy (non-hydrogen) atoms. The second-order valence-electron chi connectivity index (χ2n) is 7.56. The van der Waals surface area contributed by atoms with E-state index in [0.29, 0.717) is 22.4 Å². The van der Waals surface area contributed by atoms with Gasteiger partial charge in [0.25, 0.3) is 10.0 Å². The number of aryl methyl sites for hydroxylation is 4. The fourth-order valence-electron chi connectivity index (χ4n) is 3.45. The molecule has 0 aliphatic heterocycles. The number of aromatic nitrogens is 3. The van der Waals surface area contributed by atoms with Crippen LogP contribution in [0.5, 0.6) is 0 Å². The molecule has 2 heterocycles. The van der Waals surface area contributed by atoms with Gasteiger partial charge in [-0.15, -0.1) is 0 Å². The number of para-hydroxylation sites is 2. The largest absolute Gasteiger partial charge is 0.372 e. The number of rotatable bonds is 4. The quantitative estimate of drug-likeness (QED) is 0.509. The predicted molar refractivity (Wildman–Crippen MR) is 117 cm³/mol. The number of pyridine rings is 1. The van der Waals surface area contributed by atoms with Crippen LogP contribution in [0.2, 0.25) is 0 Å². The third-order valence-corrected chi connectivity index (χ3v) is 6.28. The van der Waals surface area contributed by atoms with Crippen molar-refractivity contribution in [3.05, 3.63) is 83.2 Å². The molecule has 0 saturated heterocycles. The second-order valence-corrected chi connectivity index (χ2v) is 9.21. The molecule has 4 rings (SSSR count). The summed E-state index contributed by atoms with van der Waals surface area (Å²) in [4.78, 5) is 9.55. The lowest BCUT2D eigenvalue weighted by molar-refractivity contribution is -0.599. The Morgan fingerprint density at radius 2 is 1.43 bits per heavy atom. The molecule has 1 N–H and O–H groups in total. The van der Waals surface area contributed by atoms with Crippen LogP contribution in [0.25, 0.3) is 16.9 Å². The predicted octanol–water partition coefficient (Wildman–Crippen LogP) is 3.94. The number of anilines is 1. The van der Waals surface area contributed by atoms with E-state index >= 15 is 0 Å². The van der Waals surface area contributed by atoms with Crippen LogP contribution in [-0.2, 0) is 10.0 Å². The van der Waals surface area contributed by atoms with Crippen molar-refractivity contribution in [2.45, 2.75) is 32.6 Å². The lowest BCUT2D eigenvalue weighted by Crippen LogP contribution is -2.34. The highest BCUT2D eigenvalue weighted by Crippen LogP contribution is 2.23. The molecular formula is C23H23N4O2S+. The fraction of sp³-hybridized carbons (Fsp3) is 0.174. The van der Waals surface area contributed by atoms with E-state index in [9.17, 15) is 8.42 Å². The van der Waals surface area contributed by atoms with E-state index < -0.39 is 10.0 Å². The molecule has 6 nitrogen and oxygen atoms in total. The Morgan fingerprint density at radius 3 is 2.10 bits per heavy atom. The molecule has 0 aliphatic rings. The van der Waals surface area contributed by atoms with Gasteiger partial charge >= 0.3 is 5.82 Å². The Bertz CT molecular complexity index is 1360. The second kappa shape index (κ2) is 7.50. The van der Waals surface area contributed by atoms with Gasteiger partial charge in [0.1, 0.15) is 5.52 Å². The molecular weight excluding hydrogens is 396 g/mol. The van der Waals surface area contributed by atoms with Gasteiger partial charge < -0.3 is 0 Å². The number of hydrogen-bond acceptors (Lipinski definition) is 4. The van der Waals surface area contributed by atoms with Gasteiger partial charge in [-0.2, -0.15) is 4.57 Å². The Morgan fingerprint density at radius 1 is 0.800 bits per heavy atom. The number of sulfonamides is 1. The van der Waals surface area contributed by atoms with Crippen LogP contribution in [0.4, 0.5) is 5.82 Å². The molecule has 2 aromatic heterocycles. The topological polar surface area (TPSA) is 75.8 Å². The van der Waals surface area contributed by atoms with Crippen LogP contribution in [0, 0.1) is 27.7 Å². The van der Waals surface area contributed by atoms with Crippen LogP contribution in [0.3, 0.4) is 0 Å². The number of hydrogen-bond donors (Lipinski definition) is 1. The monoisotopic (exact) mass is 419 g/mol. The van der Waals surface area contributed by atoms with Crippen LogP contribution >= 0.6 is 0 Å². The maximum atomic E-state index is 13.2. The van der Waals surface area contributed by atoms with Crippen molar-refractivity contribution in [1.82, 2.24) is 9.97 Å². The molecule has 2 aromatic carbocycles. The molecule has 152 valence electrons. The Hall–Kier alpha value is -3.32. The summed E-state index contributed by atoms with van der Waals surface area (Å²) in [5, 5.41) is 0. The molecule has 0 bridgehead atoms. The van der Waals surface area contributed by atoms with Crippen LogP contribution in [0.15, 0.2) is 65.8 Å². The number of fused-ring (bicyclic) bond motifs is 1. The van der Waals surface area contributed by atoms with E-state index in [4.69, 9.17) is 4.98 Å². The Balaban J connectivity index is 1.92. The van der Waals surface area contributed by atoms with Gasteiger partial charge in [0, 0.05) is 0 Å². The highest BCUT2D eigenvalue weighted by molar-refractivity contribution is 7.92. The van der Waals surface area contributed by atoms with Crippen molar-refractivity contribution in [2.75, 3.05) is 4.72 Å². The van der Waals surface area contributed by atoms with Crippen molar-refractivity contribution < 1.29 is 13.0 Å². The normalized spacial score (nSPS) is 11.6. The van der Waals surface area contributed by atoms with E-state index in [1.165, 1.54) is 0 Å².